The SMILES string of the molecule is Br.CCCCCCCCCCCCCCCC(C)C.CCCCCCCCCCCCCCCC(C)C.N. The highest BCUT2D eigenvalue weighted by Crippen LogP contribution is 2.15. The number of unbranched alkanes of at least 4 members (excludes halogenated alkanes) is 24. The van der Waals surface area contributed by atoms with Gasteiger partial charge in [0.05, 0.1) is 0 Å². The van der Waals surface area contributed by atoms with Crippen LogP contribution in [-0.2, 0) is 0 Å². The van der Waals surface area contributed by atoms with Crippen molar-refractivity contribution in [2.45, 2.75) is 221 Å². The number of hydrogen-bond acceptors (Lipinski definition) is 1. The third-order valence-electron chi connectivity index (χ3n) is 7.77. The molecule has 0 bridgehead atoms. The van der Waals surface area contributed by atoms with Crippen LogP contribution in [0.3, 0.4) is 0 Å². The fourth-order valence-corrected chi connectivity index (χ4v) is 5.14. The molecule has 0 rings (SSSR count). The van der Waals surface area contributed by atoms with Crippen molar-refractivity contribution in [2.24, 2.45) is 11.8 Å². The van der Waals surface area contributed by atoms with Gasteiger partial charge in [0, 0.05) is 0 Å². The van der Waals surface area contributed by atoms with Crippen LogP contribution in [0, 0.1) is 11.8 Å². The maximum atomic E-state index is 2.33. The van der Waals surface area contributed by atoms with Crippen molar-refractivity contribution in [3.05, 3.63) is 0 Å². The number of rotatable bonds is 28. The predicted molar refractivity (Wildman–Crippen MR) is 186 cm³/mol. The summed E-state index contributed by atoms with van der Waals surface area (Å²) in [5, 5.41) is 0. The van der Waals surface area contributed by atoms with Crippen LogP contribution in [0.1, 0.15) is 221 Å². The first-order valence-electron chi connectivity index (χ1n) is 17.5. The molecule has 2 heteroatoms. The van der Waals surface area contributed by atoms with Gasteiger partial charge in [-0.25, -0.2) is 0 Å². The Morgan fingerprint density at radius 2 is 0.447 bits per heavy atom. The topological polar surface area (TPSA) is 35.0 Å². The van der Waals surface area contributed by atoms with Gasteiger partial charge in [0.25, 0.3) is 0 Å². The number of halogens is 1. The fourth-order valence-electron chi connectivity index (χ4n) is 5.14. The van der Waals surface area contributed by atoms with E-state index in [2.05, 4.69) is 41.5 Å². The lowest BCUT2D eigenvalue weighted by molar-refractivity contribution is 0.503. The molecule has 0 aliphatic heterocycles. The summed E-state index contributed by atoms with van der Waals surface area (Å²) in [4.78, 5) is 0. The van der Waals surface area contributed by atoms with Crippen molar-refractivity contribution in [1.29, 1.82) is 0 Å². The van der Waals surface area contributed by atoms with Crippen molar-refractivity contribution in [3.63, 3.8) is 0 Å². The summed E-state index contributed by atoms with van der Waals surface area (Å²) in [6, 6.07) is 0. The molecule has 0 aliphatic carbocycles. The molecule has 0 saturated carbocycles. The molecule has 0 aromatic rings. The first-order chi connectivity index (χ1) is 17.5. The largest absolute Gasteiger partial charge is 0.344 e. The van der Waals surface area contributed by atoms with Gasteiger partial charge >= 0.3 is 0 Å². The second-order valence-electron chi connectivity index (χ2n) is 12.9. The van der Waals surface area contributed by atoms with Crippen LogP contribution in [0.25, 0.3) is 0 Å². The summed E-state index contributed by atoms with van der Waals surface area (Å²) in [7, 11) is 0. The molecule has 0 unspecified atom stereocenters. The van der Waals surface area contributed by atoms with E-state index in [1.807, 2.05) is 0 Å². The van der Waals surface area contributed by atoms with Crippen LogP contribution in [-0.4, -0.2) is 0 Å². The Balaban J connectivity index is -0.000000289. The van der Waals surface area contributed by atoms with Crippen molar-refractivity contribution in [1.82, 2.24) is 6.15 Å². The third kappa shape index (κ3) is 49.4. The minimum Gasteiger partial charge on any atom is -0.344 e. The van der Waals surface area contributed by atoms with E-state index in [-0.39, 0.29) is 23.1 Å². The lowest BCUT2D eigenvalue weighted by atomic mass is 10.0. The third-order valence-corrected chi connectivity index (χ3v) is 7.77. The molecule has 0 spiro atoms. The highest BCUT2D eigenvalue weighted by Gasteiger charge is 1.97. The maximum absolute atomic E-state index is 2.33. The first-order valence-corrected chi connectivity index (χ1v) is 17.5. The fraction of sp³-hybridized carbons (Fsp3) is 1.00. The van der Waals surface area contributed by atoms with Gasteiger partial charge in [0.1, 0.15) is 0 Å². The van der Waals surface area contributed by atoms with Gasteiger partial charge in [0.15, 0.2) is 0 Å². The van der Waals surface area contributed by atoms with E-state index in [1.165, 1.54) is 180 Å². The van der Waals surface area contributed by atoms with Crippen LogP contribution >= 0.6 is 17.0 Å². The molecule has 0 amide bonds. The van der Waals surface area contributed by atoms with Crippen molar-refractivity contribution in [3.8, 4) is 0 Å². The highest BCUT2D eigenvalue weighted by molar-refractivity contribution is 8.93. The van der Waals surface area contributed by atoms with Gasteiger partial charge in [-0.05, 0) is 11.8 Å². The van der Waals surface area contributed by atoms with E-state index in [0.717, 1.165) is 11.8 Å². The smallest absolute Gasteiger partial charge is 0.0471 e. The van der Waals surface area contributed by atoms with Gasteiger partial charge in [-0.1, -0.05) is 221 Å². The van der Waals surface area contributed by atoms with Crippen LogP contribution in [0.15, 0.2) is 0 Å². The summed E-state index contributed by atoms with van der Waals surface area (Å²) in [5.41, 5.74) is 0. The van der Waals surface area contributed by atoms with E-state index < -0.39 is 0 Å². The zero-order valence-corrected chi connectivity index (χ0v) is 29.8. The Labute approximate surface area is 255 Å². The second kappa shape index (κ2) is 41.9. The molecule has 0 radical (unpaired) electrons. The molecule has 0 heterocycles. The minimum absolute atomic E-state index is 0. The Morgan fingerprint density at radius 3 is 0.605 bits per heavy atom. The monoisotopic (exact) mass is 606 g/mol. The van der Waals surface area contributed by atoms with Crippen LogP contribution in [0.2, 0.25) is 0 Å². The summed E-state index contributed by atoms with van der Waals surface area (Å²) in [5.74, 6) is 1.80. The maximum Gasteiger partial charge on any atom is -0.0471 e. The molecule has 0 saturated heterocycles. The van der Waals surface area contributed by atoms with Crippen LogP contribution in [0.4, 0.5) is 0 Å². The average molecular weight is 607 g/mol. The zero-order valence-electron chi connectivity index (χ0n) is 28.1. The summed E-state index contributed by atoms with van der Waals surface area (Å²) in [6.45, 7) is 13.9. The van der Waals surface area contributed by atoms with E-state index in [9.17, 15) is 0 Å². The van der Waals surface area contributed by atoms with Gasteiger partial charge in [-0.15, -0.1) is 17.0 Å². The standard InChI is InChI=1S/2C18H38.BrH.H3N/c2*1-4-5-6-7-8-9-10-11-12-13-14-15-16-17-18(2)3;;/h2*18H,4-17H2,1-3H3;1H;1H3. The van der Waals surface area contributed by atoms with E-state index >= 15 is 0 Å². The van der Waals surface area contributed by atoms with Gasteiger partial charge in [0.2, 0.25) is 0 Å². The molecule has 236 valence electrons. The highest BCUT2D eigenvalue weighted by atomic mass is 79.9. The van der Waals surface area contributed by atoms with Crippen LogP contribution < -0.4 is 6.15 Å². The molecular formula is C36H80BrN. The Kier molecular flexibility index (Phi) is 50.1. The Morgan fingerprint density at radius 1 is 0.289 bits per heavy atom. The van der Waals surface area contributed by atoms with Crippen molar-refractivity contribution >= 4 is 17.0 Å². The average Bonchev–Trinajstić information content (AvgIpc) is 2.85. The quantitative estimate of drug-likeness (QED) is 0.0883. The molecule has 0 aromatic carbocycles. The normalized spacial score (nSPS) is 10.7. The van der Waals surface area contributed by atoms with Gasteiger partial charge in [-0.3, -0.25) is 0 Å². The molecular weight excluding hydrogens is 526 g/mol. The van der Waals surface area contributed by atoms with E-state index in [4.69, 9.17) is 0 Å². The molecule has 0 fully saturated rings. The number of hydrogen-bond donors (Lipinski definition) is 1. The molecule has 0 atom stereocenters. The second-order valence-corrected chi connectivity index (χ2v) is 12.9. The molecule has 3 N–H and O–H groups in total. The minimum atomic E-state index is 0. The van der Waals surface area contributed by atoms with Gasteiger partial charge < -0.3 is 6.15 Å². The lowest BCUT2D eigenvalue weighted by Crippen LogP contribution is -1.87. The van der Waals surface area contributed by atoms with Crippen molar-refractivity contribution < 1.29 is 0 Å². The molecule has 1 nitrogen and oxygen atoms in total. The van der Waals surface area contributed by atoms with Crippen LogP contribution in [0.5, 0.6) is 0 Å². The summed E-state index contributed by atoms with van der Waals surface area (Å²) < 4.78 is 0. The first kappa shape index (κ1) is 45.4. The lowest BCUT2D eigenvalue weighted by Gasteiger charge is -2.04. The molecule has 0 aromatic heterocycles. The molecule has 0 aliphatic rings. The van der Waals surface area contributed by atoms with Gasteiger partial charge in [-0.2, -0.15) is 0 Å². The Bertz CT molecular complexity index is 321. The summed E-state index contributed by atoms with van der Waals surface area (Å²) >= 11 is 0. The van der Waals surface area contributed by atoms with Crippen molar-refractivity contribution in [2.75, 3.05) is 0 Å². The predicted octanol–water partition coefficient (Wildman–Crippen LogP) is 15.0. The van der Waals surface area contributed by atoms with E-state index in [0.29, 0.717) is 0 Å². The van der Waals surface area contributed by atoms with E-state index in [1.54, 1.807) is 0 Å². The zero-order chi connectivity index (χ0) is 27.0. The Hall–Kier alpha value is 0.440. The summed E-state index contributed by atoms with van der Waals surface area (Å²) in [6.07, 6.45) is 40.9. The molecule has 38 heavy (non-hydrogen) atoms.